The number of benzene rings is 2. The third-order valence-corrected chi connectivity index (χ3v) is 5.41. The molecule has 2 aromatic rings. The van der Waals surface area contributed by atoms with Crippen molar-refractivity contribution < 1.29 is 13.2 Å². The number of methoxy groups -OCH3 is 1. The Balaban J connectivity index is 1.98. The lowest BCUT2D eigenvalue weighted by molar-refractivity contribution is 0.402. The monoisotopic (exact) mass is 397 g/mol. The molecule has 0 amide bonds. The molecule has 0 fully saturated rings. The molecule has 0 aliphatic heterocycles. The van der Waals surface area contributed by atoms with Crippen LogP contribution in [0, 0.1) is 6.92 Å². The van der Waals surface area contributed by atoms with Crippen molar-refractivity contribution in [2.45, 2.75) is 24.7 Å². The van der Waals surface area contributed by atoms with Crippen molar-refractivity contribution in [2.75, 3.05) is 13.7 Å². The van der Waals surface area contributed by atoms with Gasteiger partial charge in [-0.05, 0) is 43.5 Å². The molecule has 23 heavy (non-hydrogen) atoms. The van der Waals surface area contributed by atoms with Crippen LogP contribution in [0.1, 0.15) is 17.5 Å². The number of aryl methyl sites for hydroxylation is 2. The quantitative estimate of drug-likeness (QED) is 0.724. The van der Waals surface area contributed by atoms with Gasteiger partial charge in [-0.3, -0.25) is 0 Å². The number of nitrogens with one attached hydrogen (secondary N) is 1. The number of ether oxygens (including phenoxy) is 1. The fraction of sp³-hybridized carbons (Fsp3) is 0.294. The lowest BCUT2D eigenvalue weighted by Gasteiger charge is -2.11. The highest BCUT2D eigenvalue weighted by molar-refractivity contribution is 9.10. The van der Waals surface area contributed by atoms with E-state index in [9.17, 15) is 8.42 Å². The van der Waals surface area contributed by atoms with Gasteiger partial charge < -0.3 is 4.74 Å². The van der Waals surface area contributed by atoms with E-state index in [4.69, 9.17) is 4.74 Å². The average Bonchev–Trinajstić information content (AvgIpc) is 2.52. The van der Waals surface area contributed by atoms with Crippen LogP contribution in [0.2, 0.25) is 0 Å². The van der Waals surface area contributed by atoms with Gasteiger partial charge in [-0.25, -0.2) is 13.1 Å². The Morgan fingerprint density at radius 1 is 1.17 bits per heavy atom. The Morgan fingerprint density at radius 2 is 1.96 bits per heavy atom. The number of sulfonamides is 1. The molecule has 2 rings (SSSR count). The first kappa shape index (κ1) is 18.0. The highest BCUT2D eigenvalue weighted by atomic mass is 79.9. The van der Waals surface area contributed by atoms with E-state index in [2.05, 4.69) is 32.8 Å². The summed E-state index contributed by atoms with van der Waals surface area (Å²) >= 11 is 3.29. The fourth-order valence-corrected chi connectivity index (χ4v) is 4.08. The Kier molecular flexibility index (Phi) is 6.21. The topological polar surface area (TPSA) is 55.4 Å². The molecule has 4 nitrogen and oxygen atoms in total. The molecule has 0 aliphatic rings. The van der Waals surface area contributed by atoms with Crippen LogP contribution in [0.15, 0.2) is 51.8 Å². The van der Waals surface area contributed by atoms with Gasteiger partial charge in [-0.2, -0.15) is 0 Å². The summed E-state index contributed by atoms with van der Waals surface area (Å²) in [6.07, 6.45) is 1.57. The van der Waals surface area contributed by atoms with E-state index >= 15 is 0 Å². The molecule has 0 atom stereocenters. The van der Waals surface area contributed by atoms with Crippen molar-refractivity contribution in [2.24, 2.45) is 0 Å². The first-order valence-corrected chi connectivity index (χ1v) is 9.59. The van der Waals surface area contributed by atoms with E-state index in [1.807, 2.05) is 19.1 Å². The van der Waals surface area contributed by atoms with Crippen LogP contribution in [-0.4, -0.2) is 22.1 Å². The van der Waals surface area contributed by atoms with Gasteiger partial charge in [0.15, 0.2) is 0 Å². The van der Waals surface area contributed by atoms with Crippen LogP contribution in [0.3, 0.4) is 0 Å². The van der Waals surface area contributed by atoms with Crippen LogP contribution in [0.5, 0.6) is 5.75 Å². The Bertz CT molecular complexity index is 775. The summed E-state index contributed by atoms with van der Waals surface area (Å²) in [7, 11) is -2.13. The second-order valence-electron chi connectivity index (χ2n) is 5.29. The molecular weight excluding hydrogens is 378 g/mol. The molecule has 0 bridgehead atoms. The standard InChI is InChI=1S/C17H20BrNO3S/c1-13-5-3-6-14(11-13)7-4-10-19-23(20,21)17-12-15(18)8-9-16(17)22-2/h3,5-6,8-9,11-12,19H,4,7,10H2,1-2H3. The SMILES string of the molecule is COc1ccc(Br)cc1S(=O)(=O)NCCCc1cccc(C)c1. The summed E-state index contributed by atoms with van der Waals surface area (Å²) in [6.45, 7) is 2.43. The zero-order valence-electron chi connectivity index (χ0n) is 13.2. The van der Waals surface area contributed by atoms with Crippen molar-refractivity contribution in [1.82, 2.24) is 4.72 Å². The van der Waals surface area contributed by atoms with Crippen LogP contribution in [-0.2, 0) is 16.4 Å². The lowest BCUT2D eigenvalue weighted by atomic mass is 10.1. The molecule has 0 aromatic heterocycles. The second kappa shape index (κ2) is 7.95. The van der Waals surface area contributed by atoms with E-state index < -0.39 is 10.0 Å². The summed E-state index contributed by atoms with van der Waals surface area (Å²) in [5, 5.41) is 0. The second-order valence-corrected chi connectivity index (χ2v) is 7.94. The summed E-state index contributed by atoms with van der Waals surface area (Å²) < 4.78 is 33.3. The third kappa shape index (κ3) is 5.06. The Labute approximate surface area is 146 Å². The molecule has 0 saturated carbocycles. The van der Waals surface area contributed by atoms with Crippen molar-refractivity contribution in [1.29, 1.82) is 0 Å². The van der Waals surface area contributed by atoms with Crippen molar-refractivity contribution in [3.05, 3.63) is 58.1 Å². The predicted octanol–water partition coefficient (Wildman–Crippen LogP) is 3.68. The van der Waals surface area contributed by atoms with Gasteiger partial charge >= 0.3 is 0 Å². The molecular formula is C17H20BrNO3S. The fourth-order valence-electron chi connectivity index (χ4n) is 2.30. The molecule has 0 saturated heterocycles. The lowest BCUT2D eigenvalue weighted by Crippen LogP contribution is -2.25. The van der Waals surface area contributed by atoms with Gasteiger partial charge in [0.2, 0.25) is 10.0 Å². The molecule has 0 aliphatic carbocycles. The molecule has 0 spiro atoms. The third-order valence-electron chi connectivity index (χ3n) is 3.43. The average molecular weight is 398 g/mol. The minimum absolute atomic E-state index is 0.143. The highest BCUT2D eigenvalue weighted by Gasteiger charge is 2.19. The molecule has 6 heteroatoms. The van der Waals surface area contributed by atoms with E-state index in [1.165, 1.54) is 18.2 Å². The number of hydrogen-bond acceptors (Lipinski definition) is 3. The van der Waals surface area contributed by atoms with Crippen molar-refractivity contribution in [3.8, 4) is 5.75 Å². The van der Waals surface area contributed by atoms with Crippen LogP contribution < -0.4 is 9.46 Å². The summed E-state index contributed by atoms with van der Waals surface area (Å²) in [4.78, 5) is 0.143. The van der Waals surface area contributed by atoms with Crippen LogP contribution in [0.4, 0.5) is 0 Å². The van der Waals surface area contributed by atoms with Gasteiger partial charge in [-0.1, -0.05) is 45.8 Å². The van der Waals surface area contributed by atoms with Gasteiger partial charge in [-0.15, -0.1) is 0 Å². The normalized spacial score (nSPS) is 11.4. The number of halogens is 1. The van der Waals surface area contributed by atoms with E-state index in [1.54, 1.807) is 18.2 Å². The maximum Gasteiger partial charge on any atom is 0.244 e. The first-order valence-electron chi connectivity index (χ1n) is 7.31. The Morgan fingerprint density at radius 3 is 2.65 bits per heavy atom. The van der Waals surface area contributed by atoms with Crippen LogP contribution in [0.25, 0.3) is 0 Å². The minimum atomic E-state index is -3.59. The van der Waals surface area contributed by atoms with Gasteiger partial charge in [0.1, 0.15) is 10.6 Å². The summed E-state index contributed by atoms with van der Waals surface area (Å²) in [5.74, 6) is 0.333. The van der Waals surface area contributed by atoms with E-state index in [0.717, 1.165) is 12.8 Å². The number of hydrogen-bond donors (Lipinski definition) is 1. The van der Waals surface area contributed by atoms with Gasteiger partial charge in [0.05, 0.1) is 7.11 Å². The maximum atomic E-state index is 12.4. The van der Waals surface area contributed by atoms with Gasteiger partial charge in [0, 0.05) is 11.0 Å². The first-order chi connectivity index (χ1) is 10.9. The molecule has 0 heterocycles. The number of rotatable bonds is 7. The van der Waals surface area contributed by atoms with Gasteiger partial charge in [0.25, 0.3) is 0 Å². The molecule has 0 unspecified atom stereocenters. The highest BCUT2D eigenvalue weighted by Crippen LogP contribution is 2.27. The molecule has 0 radical (unpaired) electrons. The smallest absolute Gasteiger partial charge is 0.244 e. The molecule has 124 valence electrons. The van der Waals surface area contributed by atoms with Crippen molar-refractivity contribution in [3.63, 3.8) is 0 Å². The Hall–Kier alpha value is -1.37. The zero-order chi connectivity index (χ0) is 16.9. The van der Waals surface area contributed by atoms with Crippen LogP contribution >= 0.6 is 15.9 Å². The minimum Gasteiger partial charge on any atom is -0.495 e. The van der Waals surface area contributed by atoms with Crippen molar-refractivity contribution >= 4 is 26.0 Å². The van der Waals surface area contributed by atoms with E-state index in [0.29, 0.717) is 16.8 Å². The predicted molar refractivity (Wildman–Crippen MR) is 95.4 cm³/mol. The maximum absolute atomic E-state index is 12.4. The largest absolute Gasteiger partial charge is 0.495 e. The van der Waals surface area contributed by atoms with E-state index in [-0.39, 0.29) is 4.90 Å². The molecule has 2 aromatic carbocycles. The summed E-state index contributed by atoms with van der Waals surface area (Å²) in [5.41, 5.74) is 2.42. The molecule has 1 N–H and O–H groups in total. The zero-order valence-corrected chi connectivity index (χ0v) is 15.6. The summed E-state index contributed by atoms with van der Waals surface area (Å²) in [6, 6.07) is 13.2.